The lowest BCUT2D eigenvalue weighted by Gasteiger charge is -2.14. The summed E-state index contributed by atoms with van der Waals surface area (Å²) in [5, 5.41) is 15.5. The summed E-state index contributed by atoms with van der Waals surface area (Å²) < 4.78 is 0. The van der Waals surface area contributed by atoms with Crippen molar-refractivity contribution in [2.75, 3.05) is 5.32 Å². The van der Waals surface area contributed by atoms with Crippen molar-refractivity contribution >= 4 is 22.3 Å². The van der Waals surface area contributed by atoms with Gasteiger partial charge < -0.3 is 10.4 Å². The van der Waals surface area contributed by atoms with Gasteiger partial charge in [0, 0.05) is 17.0 Å². The molecule has 0 amide bonds. The molecule has 0 fully saturated rings. The molecule has 1 aromatic carbocycles. The maximum absolute atomic E-state index is 9.95. The Bertz CT molecular complexity index is 822. The average Bonchev–Trinajstić information content (AvgIpc) is 2.51. The standard InChI is InChI=1S/C17H17N3O/c1-10-11(2)17(19-12(3)16(10)21)20-15-9-18-8-13-6-4-5-7-14(13)15/h4-9,21H,1-3H3,(H,19,20). The number of aryl methyl sites for hydroxylation is 1. The Morgan fingerprint density at radius 2 is 1.76 bits per heavy atom. The van der Waals surface area contributed by atoms with Crippen LogP contribution in [0.5, 0.6) is 5.75 Å². The number of benzene rings is 1. The van der Waals surface area contributed by atoms with Crippen LogP contribution in [0.3, 0.4) is 0 Å². The summed E-state index contributed by atoms with van der Waals surface area (Å²) in [5.74, 6) is 1.01. The number of pyridine rings is 2. The van der Waals surface area contributed by atoms with E-state index in [1.165, 1.54) is 0 Å². The molecule has 2 heterocycles. The van der Waals surface area contributed by atoms with Gasteiger partial charge in [0.25, 0.3) is 0 Å². The van der Waals surface area contributed by atoms with Crippen molar-refractivity contribution in [2.24, 2.45) is 0 Å². The van der Waals surface area contributed by atoms with Gasteiger partial charge in [-0.15, -0.1) is 0 Å². The Balaban J connectivity index is 2.11. The Morgan fingerprint density at radius 1 is 1.00 bits per heavy atom. The second kappa shape index (κ2) is 5.05. The van der Waals surface area contributed by atoms with Crippen molar-refractivity contribution < 1.29 is 5.11 Å². The number of fused-ring (bicyclic) bond motifs is 1. The van der Waals surface area contributed by atoms with Crippen molar-refractivity contribution in [3.8, 4) is 5.75 Å². The molecule has 3 rings (SSSR count). The molecule has 0 radical (unpaired) electrons. The first-order chi connectivity index (χ1) is 10.1. The summed E-state index contributed by atoms with van der Waals surface area (Å²) >= 11 is 0. The van der Waals surface area contributed by atoms with Crippen LogP contribution in [-0.2, 0) is 0 Å². The SMILES string of the molecule is Cc1nc(Nc2cncc3ccccc23)c(C)c(C)c1O. The fraction of sp³-hybridized carbons (Fsp3) is 0.176. The Hall–Kier alpha value is -2.62. The number of anilines is 2. The molecule has 0 aliphatic carbocycles. The number of hydrogen-bond donors (Lipinski definition) is 2. The lowest BCUT2D eigenvalue weighted by atomic mass is 10.1. The number of rotatable bonds is 2. The predicted molar refractivity (Wildman–Crippen MR) is 85.1 cm³/mol. The summed E-state index contributed by atoms with van der Waals surface area (Å²) in [6.45, 7) is 5.64. The van der Waals surface area contributed by atoms with Crippen LogP contribution >= 0.6 is 0 Å². The van der Waals surface area contributed by atoms with Crippen LogP contribution < -0.4 is 5.32 Å². The average molecular weight is 279 g/mol. The zero-order chi connectivity index (χ0) is 15.0. The fourth-order valence-corrected chi connectivity index (χ4v) is 2.40. The molecule has 0 saturated heterocycles. The van der Waals surface area contributed by atoms with Crippen LogP contribution in [0, 0.1) is 20.8 Å². The summed E-state index contributed by atoms with van der Waals surface area (Å²) in [7, 11) is 0. The molecule has 4 heteroatoms. The van der Waals surface area contributed by atoms with Crippen LogP contribution in [0.1, 0.15) is 16.8 Å². The van der Waals surface area contributed by atoms with Gasteiger partial charge in [0.05, 0.1) is 17.6 Å². The molecule has 2 N–H and O–H groups in total. The van der Waals surface area contributed by atoms with Crippen molar-refractivity contribution in [1.82, 2.24) is 9.97 Å². The van der Waals surface area contributed by atoms with E-state index in [1.807, 2.05) is 38.2 Å². The third kappa shape index (κ3) is 2.29. The summed E-state index contributed by atoms with van der Waals surface area (Å²) in [6, 6.07) is 8.07. The van der Waals surface area contributed by atoms with Crippen molar-refractivity contribution in [3.05, 3.63) is 53.5 Å². The van der Waals surface area contributed by atoms with Gasteiger partial charge in [-0.1, -0.05) is 24.3 Å². The highest BCUT2D eigenvalue weighted by atomic mass is 16.3. The first-order valence-electron chi connectivity index (χ1n) is 6.84. The molecule has 0 aliphatic heterocycles. The zero-order valence-corrected chi connectivity index (χ0v) is 12.3. The molecule has 106 valence electrons. The van der Waals surface area contributed by atoms with Crippen LogP contribution in [0.15, 0.2) is 36.7 Å². The van der Waals surface area contributed by atoms with Gasteiger partial charge in [0.2, 0.25) is 0 Å². The van der Waals surface area contributed by atoms with E-state index in [2.05, 4.69) is 21.4 Å². The highest BCUT2D eigenvalue weighted by Crippen LogP contribution is 2.31. The van der Waals surface area contributed by atoms with E-state index in [1.54, 1.807) is 13.1 Å². The van der Waals surface area contributed by atoms with E-state index in [-0.39, 0.29) is 5.75 Å². The minimum Gasteiger partial charge on any atom is -0.506 e. The molecule has 4 nitrogen and oxygen atoms in total. The van der Waals surface area contributed by atoms with Crippen LogP contribution in [0.25, 0.3) is 10.8 Å². The van der Waals surface area contributed by atoms with E-state index in [4.69, 9.17) is 0 Å². The molecule has 0 atom stereocenters. The minimum absolute atomic E-state index is 0.258. The van der Waals surface area contributed by atoms with Crippen molar-refractivity contribution in [3.63, 3.8) is 0 Å². The molecule has 0 aliphatic rings. The van der Waals surface area contributed by atoms with Gasteiger partial charge in [-0.25, -0.2) is 4.98 Å². The largest absolute Gasteiger partial charge is 0.506 e. The van der Waals surface area contributed by atoms with Crippen LogP contribution in [0.4, 0.5) is 11.5 Å². The topological polar surface area (TPSA) is 58.0 Å². The third-order valence-electron chi connectivity index (χ3n) is 3.82. The van der Waals surface area contributed by atoms with E-state index in [9.17, 15) is 5.11 Å². The number of nitrogens with one attached hydrogen (secondary N) is 1. The molecule has 0 saturated carbocycles. The molecule has 0 spiro atoms. The quantitative estimate of drug-likeness (QED) is 0.744. The lowest BCUT2D eigenvalue weighted by Crippen LogP contribution is -2.01. The van der Waals surface area contributed by atoms with Crippen molar-refractivity contribution in [2.45, 2.75) is 20.8 Å². The molecule has 0 unspecified atom stereocenters. The second-order valence-electron chi connectivity index (χ2n) is 5.18. The molecule has 2 aromatic heterocycles. The molecule has 3 aromatic rings. The van der Waals surface area contributed by atoms with Crippen molar-refractivity contribution in [1.29, 1.82) is 0 Å². The lowest BCUT2D eigenvalue weighted by molar-refractivity contribution is 0.463. The number of nitrogens with zero attached hydrogens (tertiary/aromatic N) is 2. The Morgan fingerprint density at radius 3 is 2.57 bits per heavy atom. The number of aromatic hydroxyl groups is 1. The Kier molecular flexibility index (Phi) is 3.22. The van der Waals surface area contributed by atoms with Crippen LogP contribution in [0.2, 0.25) is 0 Å². The fourth-order valence-electron chi connectivity index (χ4n) is 2.40. The maximum Gasteiger partial charge on any atom is 0.140 e. The van der Waals surface area contributed by atoms with Gasteiger partial charge >= 0.3 is 0 Å². The molecular formula is C17H17N3O. The third-order valence-corrected chi connectivity index (χ3v) is 3.82. The highest BCUT2D eigenvalue weighted by Gasteiger charge is 2.12. The minimum atomic E-state index is 0.258. The molecule has 0 bridgehead atoms. The number of aromatic nitrogens is 2. The van der Waals surface area contributed by atoms with Gasteiger partial charge in [-0.05, 0) is 31.9 Å². The molecule has 21 heavy (non-hydrogen) atoms. The first-order valence-corrected chi connectivity index (χ1v) is 6.84. The zero-order valence-electron chi connectivity index (χ0n) is 12.3. The summed E-state index contributed by atoms with van der Waals surface area (Å²) in [6.07, 6.45) is 3.63. The van der Waals surface area contributed by atoms with Gasteiger partial charge in [-0.2, -0.15) is 0 Å². The van der Waals surface area contributed by atoms with Gasteiger partial charge in [0.1, 0.15) is 11.6 Å². The smallest absolute Gasteiger partial charge is 0.140 e. The van der Waals surface area contributed by atoms with Gasteiger partial charge in [-0.3, -0.25) is 4.98 Å². The first kappa shape index (κ1) is 13.4. The highest BCUT2D eigenvalue weighted by molar-refractivity contribution is 5.94. The predicted octanol–water partition coefficient (Wildman–Crippen LogP) is 4.00. The monoisotopic (exact) mass is 279 g/mol. The summed E-state index contributed by atoms with van der Waals surface area (Å²) in [4.78, 5) is 8.71. The van der Waals surface area contributed by atoms with E-state index >= 15 is 0 Å². The molecular weight excluding hydrogens is 262 g/mol. The second-order valence-corrected chi connectivity index (χ2v) is 5.18. The summed E-state index contributed by atoms with van der Waals surface area (Å²) in [5.41, 5.74) is 3.31. The maximum atomic E-state index is 9.95. The van der Waals surface area contributed by atoms with E-state index < -0.39 is 0 Å². The van der Waals surface area contributed by atoms with Crippen LogP contribution in [-0.4, -0.2) is 15.1 Å². The van der Waals surface area contributed by atoms with E-state index in [0.29, 0.717) is 5.69 Å². The van der Waals surface area contributed by atoms with Gasteiger partial charge in [0.15, 0.2) is 0 Å². The normalized spacial score (nSPS) is 10.8. The number of hydrogen-bond acceptors (Lipinski definition) is 4. The Labute approximate surface area is 123 Å². The van der Waals surface area contributed by atoms with E-state index in [0.717, 1.165) is 33.4 Å².